The van der Waals surface area contributed by atoms with Gasteiger partial charge in [-0.05, 0) is 25.0 Å². The normalized spacial score (nSPS) is 14.7. The van der Waals surface area contributed by atoms with Crippen molar-refractivity contribution in [3.63, 3.8) is 0 Å². The second kappa shape index (κ2) is 7.09. The van der Waals surface area contributed by atoms with Crippen LogP contribution in [0, 0.1) is 0 Å². The van der Waals surface area contributed by atoms with E-state index < -0.39 is 5.60 Å². The lowest BCUT2D eigenvalue weighted by Crippen LogP contribution is -2.44. The molecule has 3 N–H and O–H groups in total. The summed E-state index contributed by atoms with van der Waals surface area (Å²) < 4.78 is 0. The summed E-state index contributed by atoms with van der Waals surface area (Å²) in [6, 6.07) is 18.6. The van der Waals surface area contributed by atoms with Gasteiger partial charge < -0.3 is 15.7 Å². The first-order valence-electron chi connectivity index (χ1n) is 7.36. The number of amides is 2. The smallest absolute Gasteiger partial charge is 0.315 e. The van der Waals surface area contributed by atoms with Crippen LogP contribution in [0.5, 0.6) is 0 Å². The topological polar surface area (TPSA) is 61.4 Å². The lowest BCUT2D eigenvalue weighted by Gasteiger charge is -2.25. The number of urea groups is 1. The van der Waals surface area contributed by atoms with Crippen LogP contribution in [0.3, 0.4) is 0 Å². The van der Waals surface area contributed by atoms with Crippen LogP contribution < -0.4 is 10.6 Å². The monoisotopic (exact) mass is 298 g/mol. The molecule has 0 radical (unpaired) electrons. The predicted octanol–water partition coefficient (Wildman–Crippen LogP) is 2.95. The summed E-state index contributed by atoms with van der Waals surface area (Å²) in [4.78, 5) is 12.0. The Morgan fingerprint density at radius 3 is 2.23 bits per heavy atom. The van der Waals surface area contributed by atoms with Crippen molar-refractivity contribution >= 4 is 6.03 Å². The van der Waals surface area contributed by atoms with Crippen molar-refractivity contribution in [3.8, 4) is 0 Å². The van der Waals surface area contributed by atoms with Gasteiger partial charge in [-0.3, -0.25) is 0 Å². The standard InChI is InChI=1S/C18H22N2O2/c1-14(15-9-5-3-6-10-15)20-17(21)19-13-18(2,22)16-11-7-4-8-12-16/h3-12,14,22H,13H2,1-2H3,(H2,19,20,21)/t14-,18+/m0/s1. The van der Waals surface area contributed by atoms with Crippen molar-refractivity contribution < 1.29 is 9.90 Å². The Labute approximate surface area is 131 Å². The molecule has 2 aromatic rings. The Morgan fingerprint density at radius 1 is 1.09 bits per heavy atom. The molecule has 2 aromatic carbocycles. The quantitative estimate of drug-likeness (QED) is 0.795. The van der Waals surface area contributed by atoms with Crippen LogP contribution in [0.15, 0.2) is 60.7 Å². The zero-order chi connectivity index (χ0) is 16.0. The van der Waals surface area contributed by atoms with Gasteiger partial charge in [0.15, 0.2) is 0 Å². The summed E-state index contributed by atoms with van der Waals surface area (Å²) in [5.41, 5.74) is 0.702. The third kappa shape index (κ3) is 4.33. The molecular formula is C18H22N2O2. The van der Waals surface area contributed by atoms with Gasteiger partial charge in [0, 0.05) is 0 Å². The van der Waals surface area contributed by atoms with Crippen LogP contribution in [-0.4, -0.2) is 17.7 Å². The lowest BCUT2D eigenvalue weighted by atomic mass is 9.96. The number of hydrogen-bond acceptors (Lipinski definition) is 2. The van der Waals surface area contributed by atoms with E-state index in [-0.39, 0.29) is 18.6 Å². The van der Waals surface area contributed by atoms with Gasteiger partial charge in [-0.25, -0.2) is 4.79 Å². The van der Waals surface area contributed by atoms with Crippen LogP contribution in [0.4, 0.5) is 4.79 Å². The molecule has 0 saturated heterocycles. The molecule has 0 fully saturated rings. The zero-order valence-corrected chi connectivity index (χ0v) is 12.9. The summed E-state index contributed by atoms with van der Waals surface area (Å²) in [7, 11) is 0. The third-order valence-corrected chi connectivity index (χ3v) is 3.64. The maximum absolute atomic E-state index is 12.0. The fraction of sp³-hybridized carbons (Fsp3) is 0.278. The molecule has 0 aliphatic carbocycles. The van der Waals surface area contributed by atoms with Crippen molar-refractivity contribution in [2.45, 2.75) is 25.5 Å². The first-order valence-corrected chi connectivity index (χ1v) is 7.36. The van der Waals surface area contributed by atoms with Gasteiger partial charge in [0.1, 0.15) is 5.60 Å². The molecular weight excluding hydrogens is 276 g/mol. The molecule has 0 unspecified atom stereocenters. The largest absolute Gasteiger partial charge is 0.384 e. The third-order valence-electron chi connectivity index (χ3n) is 3.64. The molecule has 0 aliphatic rings. The van der Waals surface area contributed by atoms with Crippen molar-refractivity contribution in [2.24, 2.45) is 0 Å². The van der Waals surface area contributed by atoms with Gasteiger partial charge in [-0.2, -0.15) is 0 Å². The van der Waals surface area contributed by atoms with Crippen molar-refractivity contribution in [2.75, 3.05) is 6.54 Å². The SMILES string of the molecule is C[C@H](NC(=O)NC[C@@](C)(O)c1ccccc1)c1ccccc1. The van der Waals surface area contributed by atoms with E-state index in [0.717, 1.165) is 11.1 Å². The Balaban J connectivity index is 1.88. The summed E-state index contributed by atoms with van der Waals surface area (Å²) in [6.45, 7) is 3.75. The molecule has 2 rings (SSSR count). The molecule has 2 amide bonds. The van der Waals surface area contributed by atoms with E-state index >= 15 is 0 Å². The molecule has 0 bridgehead atoms. The highest BCUT2D eigenvalue weighted by molar-refractivity contribution is 5.74. The number of benzene rings is 2. The molecule has 4 nitrogen and oxygen atoms in total. The first-order chi connectivity index (χ1) is 10.5. The molecule has 0 aliphatic heterocycles. The Hall–Kier alpha value is -2.33. The first kappa shape index (κ1) is 16.0. The molecule has 0 aromatic heterocycles. The number of aliphatic hydroxyl groups is 1. The summed E-state index contributed by atoms with van der Waals surface area (Å²) >= 11 is 0. The van der Waals surface area contributed by atoms with Gasteiger partial charge in [-0.15, -0.1) is 0 Å². The fourth-order valence-corrected chi connectivity index (χ4v) is 2.22. The predicted molar refractivity (Wildman–Crippen MR) is 87.4 cm³/mol. The molecule has 0 heterocycles. The van der Waals surface area contributed by atoms with E-state index in [1.54, 1.807) is 6.92 Å². The van der Waals surface area contributed by atoms with E-state index in [0.29, 0.717) is 0 Å². The highest BCUT2D eigenvalue weighted by Gasteiger charge is 2.23. The maximum atomic E-state index is 12.0. The summed E-state index contributed by atoms with van der Waals surface area (Å²) in [5, 5.41) is 16.0. The summed E-state index contributed by atoms with van der Waals surface area (Å²) in [6.07, 6.45) is 0. The average Bonchev–Trinajstić information content (AvgIpc) is 2.55. The van der Waals surface area contributed by atoms with E-state index in [1.807, 2.05) is 67.6 Å². The Bertz CT molecular complexity index is 597. The van der Waals surface area contributed by atoms with Crippen LogP contribution in [0.1, 0.15) is 31.0 Å². The van der Waals surface area contributed by atoms with Crippen molar-refractivity contribution in [3.05, 3.63) is 71.8 Å². The highest BCUT2D eigenvalue weighted by atomic mass is 16.3. The number of carbonyl (C=O) groups is 1. The molecule has 4 heteroatoms. The van der Waals surface area contributed by atoms with Gasteiger partial charge in [0.2, 0.25) is 0 Å². The lowest BCUT2D eigenvalue weighted by molar-refractivity contribution is 0.0593. The van der Waals surface area contributed by atoms with Gasteiger partial charge in [0.05, 0.1) is 12.6 Å². The van der Waals surface area contributed by atoms with Crippen LogP contribution in [0.25, 0.3) is 0 Å². The molecule has 0 spiro atoms. The van der Waals surface area contributed by atoms with Gasteiger partial charge in [-0.1, -0.05) is 60.7 Å². The number of nitrogens with one attached hydrogen (secondary N) is 2. The van der Waals surface area contributed by atoms with E-state index in [4.69, 9.17) is 0 Å². The van der Waals surface area contributed by atoms with Crippen LogP contribution >= 0.6 is 0 Å². The van der Waals surface area contributed by atoms with Crippen molar-refractivity contribution in [1.29, 1.82) is 0 Å². The average molecular weight is 298 g/mol. The minimum absolute atomic E-state index is 0.0946. The van der Waals surface area contributed by atoms with Crippen LogP contribution in [0.2, 0.25) is 0 Å². The highest BCUT2D eigenvalue weighted by Crippen LogP contribution is 2.19. The Morgan fingerprint density at radius 2 is 1.64 bits per heavy atom. The zero-order valence-electron chi connectivity index (χ0n) is 12.9. The van der Waals surface area contributed by atoms with Gasteiger partial charge >= 0.3 is 6.03 Å². The molecule has 116 valence electrons. The molecule has 0 saturated carbocycles. The molecule has 2 atom stereocenters. The minimum atomic E-state index is -1.10. The summed E-state index contributed by atoms with van der Waals surface area (Å²) in [5.74, 6) is 0. The van der Waals surface area contributed by atoms with E-state index in [1.165, 1.54) is 0 Å². The van der Waals surface area contributed by atoms with Crippen LogP contribution in [-0.2, 0) is 5.60 Å². The Kier molecular flexibility index (Phi) is 5.17. The minimum Gasteiger partial charge on any atom is -0.384 e. The van der Waals surface area contributed by atoms with E-state index in [9.17, 15) is 9.90 Å². The number of carbonyl (C=O) groups excluding carboxylic acids is 1. The number of rotatable bonds is 5. The fourth-order valence-electron chi connectivity index (χ4n) is 2.22. The molecule has 22 heavy (non-hydrogen) atoms. The second-order valence-electron chi connectivity index (χ2n) is 5.60. The second-order valence-corrected chi connectivity index (χ2v) is 5.60. The van der Waals surface area contributed by atoms with Gasteiger partial charge in [0.25, 0.3) is 0 Å². The van der Waals surface area contributed by atoms with E-state index in [2.05, 4.69) is 10.6 Å². The number of hydrogen-bond donors (Lipinski definition) is 3. The van der Waals surface area contributed by atoms with Crippen molar-refractivity contribution in [1.82, 2.24) is 10.6 Å². The maximum Gasteiger partial charge on any atom is 0.315 e.